The quantitative estimate of drug-likeness (QED) is 0.865. The number of halogens is 1. The molecular formula is C22H28FN5O. The smallest absolute Gasteiger partial charge is 0.233 e. The summed E-state index contributed by atoms with van der Waals surface area (Å²) in [5.41, 5.74) is -0.172. The number of fused-ring (bicyclic) bond motifs is 1. The number of benzene rings is 1. The number of rotatable bonds is 3. The third-order valence-electron chi connectivity index (χ3n) is 6.96. The average Bonchev–Trinajstić information content (AvgIpc) is 3.45. The minimum Gasteiger partial charge on any atom is -0.332 e. The van der Waals surface area contributed by atoms with Gasteiger partial charge >= 0.3 is 0 Å². The molecule has 7 heteroatoms. The van der Waals surface area contributed by atoms with E-state index in [1.54, 1.807) is 12.1 Å². The first kappa shape index (κ1) is 18.7. The lowest BCUT2D eigenvalue weighted by atomic mass is 9.77. The van der Waals surface area contributed by atoms with Crippen molar-refractivity contribution in [2.24, 2.45) is 0 Å². The second kappa shape index (κ2) is 7.52. The van der Waals surface area contributed by atoms with Crippen LogP contribution < -0.4 is 5.32 Å². The summed E-state index contributed by atoms with van der Waals surface area (Å²) in [7, 11) is 0. The average molecular weight is 397 g/mol. The molecule has 0 spiro atoms. The van der Waals surface area contributed by atoms with Gasteiger partial charge in [0.15, 0.2) is 5.82 Å². The summed E-state index contributed by atoms with van der Waals surface area (Å²) in [4.78, 5) is 15.9. The van der Waals surface area contributed by atoms with Crippen LogP contribution in [-0.2, 0) is 23.2 Å². The monoisotopic (exact) mass is 397 g/mol. The van der Waals surface area contributed by atoms with E-state index in [-0.39, 0.29) is 17.8 Å². The Morgan fingerprint density at radius 3 is 2.76 bits per heavy atom. The van der Waals surface area contributed by atoms with E-state index >= 15 is 0 Å². The summed E-state index contributed by atoms with van der Waals surface area (Å²) >= 11 is 0. The van der Waals surface area contributed by atoms with Gasteiger partial charge in [0.25, 0.3) is 0 Å². The third-order valence-corrected chi connectivity index (χ3v) is 6.96. The van der Waals surface area contributed by atoms with Gasteiger partial charge in [-0.2, -0.15) is 0 Å². The molecule has 6 nitrogen and oxygen atoms in total. The molecule has 1 aromatic carbocycles. The fourth-order valence-electron chi connectivity index (χ4n) is 5.52. The van der Waals surface area contributed by atoms with Gasteiger partial charge < -0.3 is 14.8 Å². The first-order valence-electron chi connectivity index (χ1n) is 10.9. The normalized spacial score (nSPS) is 23.8. The molecule has 3 heterocycles. The molecule has 1 atom stereocenters. The molecule has 29 heavy (non-hydrogen) atoms. The predicted octanol–water partition coefficient (Wildman–Crippen LogP) is 2.74. The van der Waals surface area contributed by atoms with Crippen LogP contribution in [-0.4, -0.2) is 45.2 Å². The van der Waals surface area contributed by atoms with Crippen LogP contribution in [0, 0.1) is 5.82 Å². The van der Waals surface area contributed by atoms with Gasteiger partial charge in [-0.25, -0.2) is 4.39 Å². The van der Waals surface area contributed by atoms with Crippen LogP contribution in [0.4, 0.5) is 4.39 Å². The van der Waals surface area contributed by atoms with Gasteiger partial charge in [0, 0.05) is 38.2 Å². The van der Waals surface area contributed by atoms with Crippen LogP contribution >= 0.6 is 0 Å². The molecule has 0 bridgehead atoms. The summed E-state index contributed by atoms with van der Waals surface area (Å²) in [6.45, 7) is 3.33. The van der Waals surface area contributed by atoms with Crippen LogP contribution in [0.1, 0.15) is 61.8 Å². The molecule has 154 valence electrons. The van der Waals surface area contributed by atoms with Crippen molar-refractivity contribution >= 4 is 5.91 Å². The second-order valence-corrected chi connectivity index (χ2v) is 8.55. The standard InChI is InChI=1S/C22H28FN5O/c23-17-7-2-1-6-16(17)22(10-3-4-11-22)21(29)27-14-5-8-18(27)20-26-25-19-9-12-24-13-15-28(19)20/h1-2,6-7,18,24H,3-5,8-15H2/t18-/m1/s1. The fraction of sp³-hybridized carbons (Fsp3) is 0.591. The molecule has 2 aromatic rings. The minimum atomic E-state index is -0.739. The van der Waals surface area contributed by atoms with Gasteiger partial charge in [-0.15, -0.1) is 10.2 Å². The molecule has 0 radical (unpaired) electrons. The number of carbonyl (C=O) groups is 1. The largest absolute Gasteiger partial charge is 0.332 e. The van der Waals surface area contributed by atoms with E-state index in [0.717, 1.165) is 76.2 Å². The summed E-state index contributed by atoms with van der Waals surface area (Å²) in [6.07, 6.45) is 6.06. The lowest BCUT2D eigenvalue weighted by molar-refractivity contribution is -0.138. The van der Waals surface area contributed by atoms with E-state index in [1.807, 2.05) is 11.0 Å². The SMILES string of the molecule is O=C(N1CCC[C@@H]1c1nnc2n1CCNCC2)C1(c2ccccc2F)CCCC1. The summed E-state index contributed by atoms with van der Waals surface area (Å²) in [5.74, 6) is 1.71. The number of hydrogen-bond acceptors (Lipinski definition) is 4. The Bertz CT molecular complexity index is 904. The van der Waals surface area contributed by atoms with Gasteiger partial charge in [-0.3, -0.25) is 4.79 Å². The van der Waals surface area contributed by atoms with E-state index in [0.29, 0.717) is 12.1 Å². The molecule has 1 saturated heterocycles. The van der Waals surface area contributed by atoms with Gasteiger partial charge in [0.1, 0.15) is 11.6 Å². The van der Waals surface area contributed by atoms with Crippen LogP contribution in [0.25, 0.3) is 0 Å². The highest BCUT2D eigenvalue weighted by atomic mass is 19.1. The molecule has 1 N–H and O–H groups in total. The number of likely N-dealkylation sites (tertiary alicyclic amines) is 1. The van der Waals surface area contributed by atoms with E-state index in [2.05, 4.69) is 20.1 Å². The number of amides is 1. The highest BCUT2D eigenvalue weighted by molar-refractivity contribution is 5.89. The van der Waals surface area contributed by atoms with Crippen LogP contribution in [0.15, 0.2) is 24.3 Å². The van der Waals surface area contributed by atoms with Crippen molar-refractivity contribution in [2.75, 3.05) is 19.6 Å². The second-order valence-electron chi connectivity index (χ2n) is 8.55. The molecule has 2 aliphatic heterocycles. The van der Waals surface area contributed by atoms with Crippen LogP contribution in [0.5, 0.6) is 0 Å². The number of hydrogen-bond donors (Lipinski definition) is 1. The van der Waals surface area contributed by atoms with Crippen molar-refractivity contribution in [3.8, 4) is 0 Å². The summed E-state index contributed by atoms with van der Waals surface area (Å²) in [6, 6.07) is 6.77. The first-order chi connectivity index (χ1) is 14.2. The Kier molecular flexibility index (Phi) is 4.86. The van der Waals surface area contributed by atoms with Crippen LogP contribution in [0.3, 0.4) is 0 Å². The van der Waals surface area contributed by atoms with E-state index in [1.165, 1.54) is 6.07 Å². The van der Waals surface area contributed by atoms with E-state index < -0.39 is 5.41 Å². The lowest BCUT2D eigenvalue weighted by Crippen LogP contribution is -2.46. The number of carbonyl (C=O) groups excluding carboxylic acids is 1. The molecule has 1 amide bonds. The lowest BCUT2D eigenvalue weighted by Gasteiger charge is -2.35. The zero-order valence-corrected chi connectivity index (χ0v) is 16.7. The van der Waals surface area contributed by atoms with Crippen molar-refractivity contribution in [3.05, 3.63) is 47.3 Å². The third kappa shape index (κ3) is 3.06. The van der Waals surface area contributed by atoms with E-state index in [9.17, 15) is 9.18 Å². The van der Waals surface area contributed by atoms with Crippen molar-refractivity contribution in [3.63, 3.8) is 0 Å². The van der Waals surface area contributed by atoms with Gasteiger partial charge in [0.2, 0.25) is 5.91 Å². The molecule has 5 rings (SSSR count). The van der Waals surface area contributed by atoms with E-state index in [4.69, 9.17) is 0 Å². The predicted molar refractivity (Wildman–Crippen MR) is 107 cm³/mol. The maximum Gasteiger partial charge on any atom is 0.233 e. The maximum absolute atomic E-state index is 14.8. The molecular weight excluding hydrogens is 369 g/mol. The number of nitrogens with zero attached hydrogens (tertiary/aromatic N) is 4. The van der Waals surface area contributed by atoms with Crippen molar-refractivity contribution < 1.29 is 9.18 Å². The molecule has 2 fully saturated rings. The van der Waals surface area contributed by atoms with Crippen molar-refractivity contribution in [1.82, 2.24) is 25.0 Å². The fourth-order valence-corrected chi connectivity index (χ4v) is 5.52. The van der Waals surface area contributed by atoms with Gasteiger partial charge in [0.05, 0.1) is 11.5 Å². The van der Waals surface area contributed by atoms with Gasteiger partial charge in [-0.05, 0) is 31.7 Å². The van der Waals surface area contributed by atoms with Crippen LogP contribution in [0.2, 0.25) is 0 Å². The van der Waals surface area contributed by atoms with Crippen molar-refractivity contribution in [2.45, 2.75) is 62.9 Å². The Morgan fingerprint density at radius 1 is 1.10 bits per heavy atom. The summed E-state index contributed by atoms with van der Waals surface area (Å²) < 4.78 is 17.0. The molecule has 3 aliphatic rings. The molecule has 1 aliphatic carbocycles. The highest BCUT2D eigenvalue weighted by Crippen LogP contribution is 2.46. The minimum absolute atomic E-state index is 0.0638. The first-order valence-corrected chi connectivity index (χ1v) is 10.9. The maximum atomic E-state index is 14.8. The zero-order chi connectivity index (χ0) is 19.8. The summed E-state index contributed by atoms with van der Waals surface area (Å²) in [5, 5.41) is 12.3. The number of aromatic nitrogens is 3. The number of nitrogens with one attached hydrogen (secondary N) is 1. The Hall–Kier alpha value is -2.28. The zero-order valence-electron chi connectivity index (χ0n) is 16.7. The molecule has 0 unspecified atom stereocenters. The Morgan fingerprint density at radius 2 is 1.93 bits per heavy atom. The molecule has 1 saturated carbocycles. The Balaban J connectivity index is 1.50. The van der Waals surface area contributed by atoms with Crippen molar-refractivity contribution in [1.29, 1.82) is 0 Å². The Labute approximate surface area is 170 Å². The molecule has 1 aromatic heterocycles. The van der Waals surface area contributed by atoms with Gasteiger partial charge in [-0.1, -0.05) is 31.0 Å². The highest BCUT2D eigenvalue weighted by Gasteiger charge is 2.49. The topological polar surface area (TPSA) is 63.1 Å².